The van der Waals surface area contributed by atoms with Crippen LogP contribution in [0.25, 0.3) is 11.0 Å². The minimum absolute atomic E-state index is 0.250. The summed E-state index contributed by atoms with van der Waals surface area (Å²) in [5, 5.41) is 4.74. The number of rotatable bonds is 4. The van der Waals surface area contributed by atoms with Crippen LogP contribution in [0.3, 0.4) is 0 Å². The van der Waals surface area contributed by atoms with E-state index in [0.717, 1.165) is 11.3 Å². The highest BCUT2D eigenvalue weighted by Gasteiger charge is 2.15. The van der Waals surface area contributed by atoms with Crippen LogP contribution >= 0.6 is 0 Å². The molecule has 1 aromatic heterocycles. The van der Waals surface area contributed by atoms with Gasteiger partial charge >= 0.3 is 0 Å². The molecule has 0 radical (unpaired) electrons. The van der Waals surface area contributed by atoms with Crippen LogP contribution in [0.2, 0.25) is 0 Å². The SMILES string of the molecule is CC(NC(C)C(C)C)c1cc2ccccc2o1. The predicted octanol–water partition coefficient (Wildman–Crippen LogP) is 4.13. The van der Waals surface area contributed by atoms with E-state index in [9.17, 15) is 0 Å². The van der Waals surface area contributed by atoms with Gasteiger partial charge in [-0.2, -0.15) is 0 Å². The lowest BCUT2D eigenvalue weighted by Crippen LogP contribution is -2.32. The number of fused-ring (bicyclic) bond motifs is 1. The molecule has 17 heavy (non-hydrogen) atoms. The van der Waals surface area contributed by atoms with Crippen molar-refractivity contribution in [3.63, 3.8) is 0 Å². The Balaban J connectivity index is 2.16. The largest absolute Gasteiger partial charge is 0.459 e. The number of hydrogen-bond acceptors (Lipinski definition) is 2. The fourth-order valence-electron chi connectivity index (χ4n) is 1.88. The third-order valence-electron chi connectivity index (χ3n) is 3.38. The topological polar surface area (TPSA) is 25.2 Å². The van der Waals surface area contributed by atoms with Gasteiger partial charge in [0.25, 0.3) is 0 Å². The maximum Gasteiger partial charge on any atom is 0.134 e. The Labute approximate surface area is 103 Å². The zero-order valence-corrected chi connectivity index (χ0v) is 11.0. The second kappa shape index (κ2) is 4.92. The van der Waals surface area contributed by atoms with Crippen molar-refractivity contribution in [2.75, 3.05) is 0 Å². The van der Waals surface area contributed by atoms with Crippen LogP contribution in [-0.4, -0.2) is 6.04 Å². The van der Waals surface area contributed by atoms with E-state index >= 15 is 0 Å². The van der Waals surface area contributed by atoms with Crippen molar-refractivity contribution < 1.29 is 4.42 Å². The summed E-state index contributed by atoms with van der Waals surface area (Å²) >= 11 is 0. The van der Waals surface area contributed by atoms with E-state index in [1.54, 1.807) is 0 Å². The van der Waals surface area contributed by atoms with Gasteiger partial charge in [0.1, 0.15) is 11.3 Å². The third-order valence-corrected chi connectivity index (χ3v) is 3.38. The zero-order chi connectivity index (χ0) is 12.4. The van der Waals surface area contributed by atoms with Crippen LogP contribution in [0.4, 0.5) is 0 Å². The first kappa shape index (κ1) is 12.2. The minimum atomic E-state index is 0.250. The molecule has 0 spiro atoms. The summed E-state index contributed by atoms with van der Waals surface area (Å²) in [6.45, 7) is 8.81. The molecule has 0 amide bonds. The van der Waals surface area contributed by atoms with Gasteiger partial charge in [-0.05, 0) is 31.9 Å². The molecule has 0 saturated heterocycles. The van der Waals surface area contributed by atoms with Gasteiger partial charge in [-0.3, -0.25) is 0 Å². The Bertz CT molecular complexity index is 453. The number of para-hydroxylation sites is 1. The van der Waals surface area contributed by atoms with Gasteiger partial charge in [0, 0.05) is 11.4 Å². The van der Waals surface area contributed by atoms with Gasteiger partial charge in [-0.1, -0.05) is 32.0 Å². The van der Waals surface area contributed by atoms with Gasteiger partial charge in [-0.25, -0.2) is 0 Å². The second-order valence-electron chi connectivity index (χ2n) is 5.11. The van der Waals surface area contributed by atoms with Crippen molar-refractivity contribution in [3.05, 3.63) is 36.1 Å². The summed E-state index contributed by atoms with van der Waals surface area (Å²) in [7, 11) is 0. The zero-order valence-electron chi connectivity index (χ0n) is 11.0. The molecule has 0 aliphatic rings. The van der Waals surface area contributed by atoms with Crippen LogP contribution in [-0.2, 0) is 0 Å². The average Bonchev–Trinajstić information content (AvgIpc) is 2.72. The summed E-state index contributed by atoms with van der Waals surface area (Å²) in [5.41, 5.74) is 0.966. The standard InChI is InChI=1S/C15H21NO/c1-10(2)11(3)16-12(4)15-9-13-7-5-6-8-14(13)17-15/h5-12,16H,1-4H3. The molecule has 1 heterocycles. The number of benzene rings is 1. The highest BCUT2D eigenvalue weighted by atomic mass is 16.3. The molecule has 1 aromatic carbocycles. The second-order valence-corrected chi connectivity index (χ2v) is 5.11. The minimum Gasteiger partial charge on any atom is -0.459 e. The lowest BCUT2D eigenvalue weighted by molar-refractivity contribution is 0.357. The molecule has 0 fully saturated rings. The molecule has 2 aromatic rings. The first-order valence-electron chi connectivity index (χ1n) is 6.32. The molecule has 2 unspecified atom stereocenters. The molecular formula is C15H21NO. The number of furan rings is 1. The van der Waals surface area contributed by atoms with Crippen LogP contribution in [0, 0.1) is 5.92 Å². The highest BCUT2D eigenvalue weighted by molar-refractivity contribution is 5.77. The molecule has 92 valence electrons. The van der Waals surface area contributed by atoms with E-state index in [0.29, 0.717) is 12.0 Å². The molecule has 2 rings (SSSR count). The van der Waals surface area contributed by atoms with E-state index in [2.05, 4.69) is 45.1 Å². The Morgan fingerprint density at radius 3 is 2.41 bits per heavy atom. The van der Waals surface area contributed by atoms with E-state index in [1.807, 2.05) is 18.2 Å². The highest BCUT2D eigenvalue weighted by Crippen LogP contribution is 2.24. The van der Waals surface area contributed by atoms with Crippen molar-refractivity contribution >= 4 is 11.0 Å². The Hall–Kier alpha value is -1.28. The molecule has 2 atom stereocenters. The van der Waals surface area contributed by atoms with Gasteiger partial charge in [0.2, 0.25) is 0 Å². The van der Waals surface area contributed by atoms with Crippen molar-refractivity contribution in [2.45, 2.75) is 39.8 Å². The predicted molar refractivity (Wildman–Crippen MR) is 72.1 cm³/mol. The molecule has 0 saturated carbocycles. The monoisotopic (exact) mass is 231 g/mol. The quantitative estimate of drug-likeness (QED) is 0.856. The fraction of sp³-hybridized carbons (Fsp3) is 0.467. The molecule has 0 aliphatic carbocycles. The van der Waals surface area contributed by atoms with Crippen molar-refractivity contribution in [1.29, 1.82) is 0 Å². The van der Waals surface area contributed by atoms with Gasteiger partial charge in [0.05, 0.1) is 6.04 Å². The van der Waals surface area contributed by atoms with Crippen LogP contribution in [0.15, 0.2) is 34.7 Å². The average molecular weight is 231 g/mol. The Morgan fingerprint density at radius 1 is 1.06 bits per heavy atom. The lowest BCUT2D eigenvalue weighted by atomic mass is 10.1. The van der Waals surface area contributed by atoms with Crippen molar-refractivity contribution in [1.82, 2.24) is 5.32 Å². The molecule has 2 heteroatoms. The maximum atomic E-state index is 5.85. The Kier molecular flexibility index (Phi) is 3.53. The van der Waals surface area contributed by atoms with Gasteiger partial charge < -0.3 is 9.73 Å². The number of nitrogens with one attached hydrogen (secondary N) is 1. The van der Waals surface area contributed by atoms with E-state index < -0.39 is 0 Å². The smallest absolute Gasteiger partial charge is 0.134 e. The van der Waals surface area contributed by atoms with Crippen LogP contribution in [0.1, 0.15) is 39.5 Å². The molecular weight excluding hydrogens is 210 g/mol. The normalized spacial score (nSPS) is 15.4. The summed E-state index contributed by atoms with van der Waals surface area (Å²) in [6, 6.07) is 11.0. The summed E-state index contributed by atoms with van der Waals surface area (Å²) < 4.78 is 5.85. The number of hydrogen-bond donors (Lipinski definition) is 1. The summed E-state index contributed by atoms with van der Waals surface area (Å²) in [5.74, 6) is 1.64. The maximum absolute atomic E-state index is 5.85. The van der Waals surface area contributed by atoms with Gasteiger partial charge in [-0.15, -0.1) is 0 Å². The molecule has 0 aliphatic heterocycles. The summed E-state index contributed by atoms with van der Waals surface area (Å²) in [6.07, 6.45) is 0. The molecule has 0 bridgehead atoms. The van der Waals surface area contributed by atoms with E-state index in [1.165, 1.54) is 5.39 Å². The van der Waals surface area contributed by atoms with Crippen LogP contribution < -0.4 is 5.32 Å². The van der Waals surface area contributed by atoms with E-state index in [-0.39, 0.29) is 6.04 Å². The lowest BCUT2D eigenvalue weighted by Gasteiger charge is -2.21. The van der Waals surface area contributed by atoms with E-state index in [4.69, 9.17) is 4.42 Å². The fourth-order valence-corrected chi connectivity index (χ4v) is 1.88. The Morgan fingerprint density at radius 2 is 1.76 bits per heavy atom. The van der Waals surface area contributed by atoms with Crippen molar-refractivity contribution in [2.24, 2.45) is 5.92 Å². The van der Waals surface area contributed by atoms with Crippen LogP contribution in [0.5, 0.6) is 0 Å². The molecule has 1 N–H and O–H groups in total. The van der Waals surface area contributed by atoms with Gasteiger partial charge in [0.15, 0.2) is 0 Å². The first-order valence-corrected chi connectivity index (χ1v) is 6.32. The third kappa shape index (κ3) is 2.70. The molecule has 2 nitrogen and oxygen atoms in total. The van der Waals surface area contributed by atoms with Crippen molar-refractivity contribution in [3.8, 4) is 0 Å². The summed E-state index contributed by atoms with van der Waals surface area (Å²) in [4.78, 5) is 0. The first-order chi connectivity index (χ1) is 8.08.